The molecule has 3 atom stereocenters. The van der Waals surface area contributed by atoms with Crippen LogP contribution in [0, 0.1) is 5.92 Å². The number of halogens is 3. The number of methoxy groups -OCH3 is 1. The average Bonchev–Trinajstić information content (AvgIpc) is 3.51. The first-order valence-corrected chi connectivity index (χ1v) is 16.9. The highest BCUT2D eigenvalue weighted by atomic mass is 32.2. The van der Waals surface area contributed by atoms with Crippen molar-refractivity contribution in [3.8, 4) is 5.75 Å². The Balaban J connectivity index is 1.42. The molecule has 2 aliphatic heterocycles. The third kappa shape index (κ3) is 5.98. The lowest BCUT2D eigenvalue weighted by molar-refractivity contribution is -0.137. The number of rotatable bonds is 9. The molecule has 0 saturated carbocycles. The van der Waals surface area contributed by atoms with E-state index in [0.29, 0.717) is 31.8 Å². The number of anilines is 3. The van der Waals surface area contributed by atoms with Gasteiger partial charge in [-0.2, -0.15) is 13.2 Å². The van der Waals surface area contributed by atoms with Crippen LogP contribution in [0.2, 0.25) is 0 Å². The fourth-order valence-corrected chi connectivity index (χ4v) is 9.03. The number of aromatic nitrogens is 1. The summed E-state index contributed by atoms with van der Waals surface area (Å²) in [6.07, 6.45) is -4.81. The van der Waals surface area contributed by atoms with Crippen LogP contribution >= 0.6 is 23.1 Å². The van der Waals surface area contributed by atoms with Gasteiger partial charge in [0.2, 0.25) is 17.7 Å². The van der Waals surface area contributed by atoms with Gasteiger partial charge in [0, 0.05) is 35.3 Å². The SMILES string of the molecule is CCN(CC)c1ccc([C@H]2c3sc(=O)n(CC(=O)Nc4ccc(OC)cc4)c3SC3C(=O)N(c4ccccc4C(F)(F)F)C(=O)C32)cc1. The summed E-state index contributed by atoms with van der Waals surface area (Å²) >= 11 is 1.81. The summed E-state index contributed by atoms with van der Waals surface area (Å²) in [5.41, 5.74) is 0.404. The molecule has 1 fully saturated rings. The maximum atomic E-state index is 14.2. The highest BCUT2D eigenvalue weighted by Crippen LogP contribution is 2.54. The zero-order chi connectivity index (χ0) is 34.3. The molecule has 0 spiro atoms. The first kappa shape index (κ1) is 33.3. The molecule has 250 valence electrons. The molecule has 48 heavy (non-hydrogen) atoms. The third-order valence-electron chi connectivity index (χ3n) is 8.56. The number of ether oxygens (including phenoxy) is 1. The number of carbonyl (C=O) groups excluding carboxylic acids is 3. The highest BCUT2D eigenvalue weighted by Gasteiger charge is 2.57. The number of thioether (sulfide) groups is 1. The van der Waals surface area contributed by atoms with Crippen LogP contribution in [-0.2, 0) is 27.1 Å². The summed E-state index contributed by atoms with van der Waals surface area (Å²) in [5, 5.41) is 1.95. The van der Waals surface area contributed by atoms with Crippen molar-refractivity contribution in [3.05, 3.63) is 98.5 Å². The predicted octanol–water partition coefficient (Wildman–Crippen LogP) is 6.22. The molecule has 0 radical (unpaired) electrons. The van der Waals surface area contributed by atoms with Crippen molar-refractivity contribution in [2.75, 3.05) is 35.3 Å². The van der Waals surface area contributed by atoms with E-state index in [0.717, 1.165) is 54.0 Å². The molecule has 0 bridgehead atoms. The highest BCUT2D eigenvalue weighted by molar-refractivity contribution is 8.00. The van der Waals surface area contributed by atoms with E-state index in [4.69, 9.17) is 4.74 Å². The van der Waals surface area contributed by atoms with Crippen molar-refractivity contribution in [1.29, 1.82) is 0 Å². The molecule has 1 aromatic heterocycles. The lowest BCUT2D eigenvalue weighted by Gasteiger charge is -2.31. The van der Waals surface area contributed by atoms with E-state index in [1.54, 1.807) is 24.3 Å². The van der Waals surface area contributed by atoms with Gasteiger partial charge in [0.15, 0.2) is 0 Å². The smallest absolute Gasteiger partial charge is 0.418 e. The van der Waals surface area contributed by atoms with Crippen molar-refractivity contribution in [3.63, 3.8) is 0 Å². The van der Waals surface area contributed by atoms with Gasteiger partial charge in [-0.15, -0.1) is 0 Å². The number of hydrogen-bond acceptors (Lipinski definition) is 8. The number of benzene rings is 3. The lowest BCUT2D eigenvalue weighted by Crippen LogP contribution is -2.33. The third-order valence-corrected chi connectivity index (χ3v) is 11.2. The Labute approximate surface area is 282 Å². The Hall–Kier alpha value is -4.56. The van der Waals surface area contributed by atoms with Gasteiger partial charge >= 0.3 is 11.0 Å². The van der Waals surface area contributed by atoms with Gasteiger partial charge in [-0.25, -0.2) is 4.90 Å². The van der Waals surface area contributed by atoms with Crippen LogP contribution in [0.15, 0.2) is 82.6 Å². The van der Waals surface area contributed by atoms with Gasteiger partial charge < -0.3 is 15.0 Å². The van der Waals surface area contributed by atoms with E-state index in [9.17, 15) is 32.3 Å². The fraction of sp³-hybridized carbons (Fsp3) is 0.294. The number of nitrogens with zero attached hydrogens (tertiary/aromatic N) is 3. The Morgan fingerprint density at radius 3 is 2.23 bits per heavy atom. The summed E-state index contributed by atoms with van der Waals surface area (Å²) < 4.78 is 48.6. The van der Waals surface area contributed by atoms with E-state index >= 15 is 0 Å². The normalized spacial score (nSPS) is 18.8. The molecule has 2 aliphatic rings. The molecule has 3 amide bonds. The number of nitrogens with one attached hydrogen (secondary N) is 1. The topological polar surface area (TPSA) is 101 Å². The summed E-state index contributed by atoms with van der Waals surface area (Å²) in [5.74, 6) is -3.39. The number of amides is 3. The minimum absolute atomic E-state index is 0.334. The zero-order valence-corrected chi connectivity index (χ0v) is 27.7. The van der Waals surface area contributed by atoms with E-state index in [1.807, 2.05) is 38.1 Å². The number of alkyl halides is 3. The number of fused-ring (bicyclic) bond motifs is 2. The van der Waals surface area contributed by atoms with E-state index in [2.05, 4.69) is 10.2 Å². The number of thiazole rings is 1. The van der Waals surface area contributed by atoms with Crippen LogP contribution in [0.1, 0.15) is 35.8 Å². The molecule has 3 heterocycles. The summed E-state index contributed by atoms with van der Waals surface area (Å²) in [6.45, 7) is 5.18. The minimum atomic E-state index is -4.81. The quantitative estimate of drug-likeness (QED) is 0.208. The van der Waals surface area contributed by atoms with E-state index < -0.39 is 57.1 Å². The van der Waals surface area contributed by atoms with Crippen molar-refractivity contribution < 1.29 is 32.3 Å². The van der Waals surface area contributed by atoms with E-state index in [-0.39, 0.29) is 6.54 Å². The number of para-hydroxylation sites is 1. The Morgan fingerprint density at radius 2 is 1.60 bits per heavy atom. The Bertz CT molecular complexity index is 1920. The molecule has 2 unspecified atom stereocenters. The molecule has 3 aromatic carbocycles. The maximum Gasteiger partial charge on any atom is 0.418 e. The summed E-state index contributed by atoms with van der Waals surface area (Å²) in [4.78, 5) is 57.6. The molecule has 0 aliphatic carbocycles. The van der Waals surface area contributed by atoms with Crippen LogP contribution in [0.25, 0.3) is 0 Å². The predicted molar refractivity (Wildman–Crippen MR) is 179 cm³/mol. The monoisotopic (exact) mass is 696 g/mol. The lowest BCUT2D eigenvalue weighted by atomic mass is 9.83. The fourth-order valence-electron chi connectivity index (χ4n) is 6.26. The second-order valence-electron chi connectivity index (χ2n) is 11.2. The largest absolute Gasteiger partial charge is 0.497 e. The van der Waals surface area contributed by atoms with Crippen LogP contribution in [0.4, 0.5) is 30.2 Å². The molecule has 1 N–H and O–H groups in total. The van der Waals surface area contributed by atoms with Gasteiger partial charge in [0.1, 0.15) is 17.5 Å². The molecule has 1 saturated heterocycles. The first-order valence-electron chi connectivity index (χ1n) is 15.2. The second kappa shape index (κ2) is 13.2. The zero-order valence-electron chi connectivity index (χ0n) is 26.1. The summed E-state index contributed by atoms with van der Waals surface area (Å²) in [7, 11) is 1.52. The molecule has 4 aromatic rings. The number of carbonyl (C=O) groups is 3. The standard InChI is InChI=1S/C34H31F3N4O5S2/c1-4-39(5-2)21-14-10-19(11-15-21)26-27-28(31(44)41(30(27)43)24-9-7-6-8-23(24)34(35,36)37)47-32-29(26)48-33(45)40(32)18-25(42)38-20-12-16-22(46-3)17-13-20/h6-17,26-28H,4-5,18H2,1-3H3,(H,38,42)/t26-,27?,28?/m1/s1. The van der Waals surface area contributed by atoms with E-state index in [1.165, 1.54) is 23.8 Å². The van der Waals surface area contributed by atoms with Crippen LogP contribution in [-0.4, -0.2) is 47.7 Å². The molecular weight excluding hydrogens is 666 g/mol. The van der Waals surface area contributed by atoms with Gasteiger partial charge in [-0.05, 0) is 67.9 Å². The molecule has 9 nitrogen and oxygen atoms in total. The van der Waals surface area contributed by atoms with Crippen molar-refractivity contribution >= 4 is 57.9 Å². The van der Waals surface area contributed by atoms with Crippen LogP contribution in [0.3, 0.4) is 0 Å². The number of hydrogen-bond donors (Lipinski definition) is 1. The second-order valence-corrected chi connectivity index (χ2v) is 13.4. The molecular formula is C34H31F3N4O5S2. The minimum Gasteiger partial charge on any atom is -0.497 e. The summed E-state index contributed by atoms with van der Waals surface area (Å²) in [6, 6.07) is 18.6. The Morgan fingerprint density at radius 1 is 0.938 bits per heavy atom. The van der Waals surface area contributed by atoms with Crippen molar-refractivity contribution in [2.24, 2.45) is 5.92 Å². The van der Waals surface area contributed by atoms with Gasteiger partial charge in [-0.3, -0.25) is 23.7 Å². The Kier molecular flexibility index (Phi) is 9.14. The van der Waals surface area contributed by atoms with Gasteiger partial charge in [0.05, 0.1) is 29.3 Å². The van der Waals surface area contributed by atoms with Crippen molar-refractivity contribution in [2.45, 2.75) is 42.8 Å². The van der Waals surface area contributed by atoms with Gasteiger partial charge in [0.25, 0.3) is 0 Å². The maximum absolute atomic E-state index is 14.2. The first-order chi connectivity index (χ1) is 23.0. The molecule has 6 rings (SSSR count). The van der Waals surface area contributed by atoms with Crippen LogP contribution in [0.5, 0.6) is 5.75 Å². The number of imide groups is 1. The van der Waals surface area contributed by atoms with Crippen molar-refractivity contribution in [1.82, 2.24) is 4.57 Å². The molecule has 14 heteroatoms. The average molecular weight is 697 g/mol. The van der Waals surface area contributed by atoms with Gasteiger partial charge in [-0.1, -0.05) is 47.4 Å². The van der Waals surface area contributed by atoms with Crippen LogP contribution < -0.4 is 24.7 Å².